The van der Waals surface area contributed by atoms with Crippen molar-refractivity contribution in [1.82, 2.24) is 15.4 Å². The monoisotopic (exact) mass is 267 g/mol. The third kappa shape index (κ3) is 4.35. The van der Waals surface area contributed by atoms with Crippen molar-refractivity contribution in [1.29, 1.82) is 0 Å². The van der Waals surface area contributed by atoms with Crippen LogP contribution in [-0.4, -0.2) is 42.6 Å². The van der Waals surface area contributed by atoms with E-state index in [1.54, 1.807) is 0 Å². The van der Waals surface area contributed by atoms with Gasteiger partial charge < -0.3 is 9.84 Å². The van der Waals surface area contributed by atoms with Crippen LogP contribution in [0.4, 0.5) is 0 Å². The predicted molar refractivity (Wildman–Crippen MR) is 75.1 cm³/mol. The van der Waals surface area contributed by atoms with Crippen molar-refractivity contribution < 1.29 is 9.32 Å². The molecule has 0 bridgehead atoms. The van der Waals surface area contributed by atoms with Gasteiger partial charge in [-0.3, -0.25) is 9.69 Å². The summed E-state index contributed by atoms with van der Waals surface area (Å²) in [5, 5.41) is 6.90. The Labute approximate surface area is 115 Å². The normalized spacial score (nSPS) is 12.7. The van der Waals surface area contributed by atoms with Crippen LogP contribution in [0.3, 0.4) is 0 Å². The van der Waals surface area contributed by atoms with Gasteiger partial charge >= 0.3 is 0 Å². The second-order valence-electron chi connectivity index (χ2n) is 5.11. The number of likely N-dealkylation sites (N-methyl/N-ethyl adjacent to an activating group) is 1. The molecule has 1 rings (SSSR count). The highest BCUT2D eigenvalue weighted by Gasteiger charge is 2.19. The molecule has 0 aliphatic heterocycles. The van der Waals surface area contributed by atoms with Crippen molar-refractivity contribution >= 4 is 5.91 Å². The second-order valence-corrected chi connectivity index (χ2v) is 5.11. The maximum atomic E-state index is 12.1. The number of amides is 1. The summed E-state index contributed by atoms with van der Waals surface area (Å²) >= 11 is 0. The lowest BCUT2D eigenvalue weighted by molar-refractivity contribution is -0.125. The van der Waals surface area contributed by atoms with E-state index in [0.29, 0.717) is 6.54 Å². The lowest BCUT2D eigenvalue weighted by Gasteiger charge is -2.22. The van der Waals surface area contributed by atoms with Crippen LogP contribution < -0.4 is 5.32 Å². The fourth-order valence-corrected chi connectivity index (χ4v) is 2.18. The number of hydrogen-bond acceptors (Lipinski definition) is 4. The lowest BCUT2D eigenvalue weighted by Crippen LogP contribution is -2.44. The van der Waals surface area contributed by atoms with Crippen molar-refractivity contribution in [3.8, 4) is 0 Å². The minimum absolute atomic E-state index is 0.0466. The van der Waals surface area contributed by atoms with Gasteiger partial charge in [-0.05, 0) is 40.8 Å². The number of nitrogens with one attached hydrogen (secondary N) is 1. The molecule has 19 heavy (non-hydrogen) atoms. The molecule has 1 aromatic rings. The summed E-state index contributed by atoms with van der Waals surface area (Å²) < 4.78 is 5.11. The molecule has 1 heterocycles. The molecule has 108 valence electrons. The quantitative estimate of drug-likeness (QED) is 0.816. The first-order valence-electron chi connectivity index (χ1n) is 6.83. The average Bonchev–Trinajstić information content (AvgIpc) is 2.66. The Hall–Kier alpha value is -1.36. The smallest absolute Gasteiger partial charge is 0.237 e. The van der Waals surface area contributed by atoms with Gasteiger partial charge in [0.25, 0.3) is 0 Å². The van der Waals surface area contributed by atoms with Crippen LogP contribution in [0.15, 0.2) is 4.52 Å². The largest absolute Gasteiger partial charge is 0.361 e. The standard InChI is InChI=1S/C14H25N3O2/c1-6-7-13(17(4)5)14(18)15-9-8-12-10(2)16-19-11(12)3/h13H,6-9H2,1-5H3,(H,15,18)/t13-/m0/s1. The van der Waals surface area contributed by atoms with Crippen LogP contribution in [-0.2, 0) is 11.2 Å². The van der Waals surface area contributed by atoms with E-state index < -0.39 is 0 Å². The SMILES string of the molecule is CCC[C@@H](C(=O)NCCc1c(C)noc1C)N(C)C. The van der Waals surface area contributed by atoms with Gasteiger partial charge in [0, 0.05) is 12.1 Å². The summed E-state index contributed by atoms with van der Waals surface area (Å²) in [6.45, 7) is 6.54. The fourth-order valence-electron chi connectivity index (χ4n) is 2.18. The van der Waals surface area contributed by atoms with Gasteiger partial charge in [-0.2, -0.15) is 0 Å². The van der Waals surface area contributed by atoms with Crippen LogP contribution in [0.1, 0.15) is 36.8 Å². The maximum absolute atomic E-state index is 12.1. The number of aryl methyl sites for hydroxylation is 2. The Morgan fingerprint density at radius 1 is 1.42 bits per heavy atom. The van der Waals surface area contributed by atoms with Crippen LogP contribution >= 0.6 is 0 Å². The molecular formula is C14H25N3O2. The topological polar surface area (TPSA) is 58.4 Å². The number of rotatable bonds is 7. The van der Waals surface area contributed by atoms with Crippen LogP contribution in [0.2, 0.25) is 0 Å². The molecule has 0 saturated heterocycles. The van der Waals surface area contributed by atoms with Gasteiger partial charge in [0.15, 0.2) is 0 Å². The van der Waals surface area contributed by atoms with Gasteiger partial charge in [0.05, 0.1) is 11.7 Å². The maximum Gasteiger partial charge on any atom is 0.237 e. The van der Waals surface area contributed by atoms with Crippen LogP contribution in [0, 0.1) is 13.8 Å². The zero-order chi connectivity index (χ0) is 14.4. The number of carbonyl (C=O) groups is 1. The third-order valence-corrected chi connectivity index (χ3v) is 3.34. The summed E-state index contributed by atoms with van der Waals surface area (Å²) in [4.78, 5) is 14.0. The Morgan fingerprint density at radius 3 is 2.58 bits per heavy atom. The highest BCUT2D eigenvalue weighted by atomic mass is 16.5. The van der Waals surface area contributed by atoms with Crippen LogP contribution in [0.5, 0.6) is 0 Å². The summed E-state index contributed by atoms with van der Waals surface area (Å²) in [6.07, 6.45) is 2.64. The number of aromatic nitrogens is 1. The van der Waals surface area contributed by atoms with E-state index >= 15 is 0 Å². The molecular weight excluding hydrogens is 242 g/mol. The Kier molecular flexibility index (Phi) is 6.02. The zero-order valence-electron chi connectivity index (χ0n) is 12.6. The summed E-state index contributed by atoms with van der Waals surface area (Å²) in [6, 6.07) is -0.0466. The molecule has 1 N–H and O–H groups in total. The third-order valence-electron chi connectivity index (χ3n) is 3.34. The highest BCUT2D eigenvalue weighted by molar-refractivity contribution is 5.81. The summed E-state index contributed by atoms with van der Waals surface area (Å²) in [5.41, 5.74) is 2.00. The van der Waals surface area contributed by atoms with E-state index in [4.69, 9.17) is 4.52 Å². The van der Waals surface area contributed by atoms with E-state index in [9.17, 15) is 4.79 Å². The number of hydrogen-bond donors (Lipinski definition) is 1. The molecule has 0 aliphatic rings. The predicted octanol–water partition coefficient (Wildman–Crippen LogP) is 1.68. The van der Waals surface area contributed by atoms with Gasteiger partial charge in [-0.25, -0.2) is 0 Å². The zero-order valence-corrected chi connectivity index (χ0v) is 12.6. The van der Waals surface area contributed by atoms with Crippen molar-refractivity contribution in [3.63, 3.8) is 0 Å². The molecule has 5 heteroatoms. The van der Waals surface area contributed by atoms with E-state index in [2.05, 4.69) is 17.4 Å². The van der Waals surface area contributed by atoms with Crippen molar-refractivity contribution in [2.75, 3.05) is 20.6 Å². The minimum Gasteiger partial charge on any atom is -0.361 e. The number of nitrogens with zero attached hydrogens (tertiary/aromatic N) is 2. The lowest BCUT2D eigenvalue weighted by atomic mass is 10.1. The molecule has 5 nitrogen and oxygen atoms in total. The summed E-state index contributed by atoms with van der Waals surface area (Å²) in [5.74, 6) is 0.933. The molecule has 0 spiro atoms. The van der Waals surface area contributed by atoms with Gasteiger partial charge in [-0.1, -0.05) is 18.5 Å². The first kappa shape index (κ1) is 15.7. The molecule has 0 aliphatic carbocycles. The minimum atomic E-state index is -0.0466. The van der Waals surface area contributed by atoms with E-state index in [-0.39, 0.29) is 11.9 Å². The van der Waals surface area contributed by atoms with Crippen molar-refractivity contribution in [3.05, 3.63) is 17.0 Å². The van der Waals surface area contributed by atoms with Crippen molar-refractivity contribution in [2.24, 2.45) is 0 Å². The molecule has 0 saturated carbocycles. The molecule has 1 amide bonds. The summed E-state index contributed by atoms with van der Waals surface area (Å²) in [7, 11) is 3.88. The molecule has 0 radical (unpaired) electrons. The van der Waals surface area contributed by atoms with E-state index in [1.165, 1.54) is 0 Å². The Morgan fingerprint density at radius 2 is 2.11 bits per heavy atom. The molecule has 0 unspecified atom stereocenters. The Bertz CT molecular complexity index is 393. The molecule has 1 aromatic heterocycles. The first-order valence-corrected chi connectivity index (χ1v) is 6.83. The molecule has 0 aromatic carbocycles. The average molecular weight is 267 g/mol. The molecule has 1 atom stereocenters. The van der Waals surface area contributed by atoms with E-state index in [1.807, 2.05) is 32.8 Å². The second kappa shape index (κ2) is 7.28. The van der Waals surface area contributed by atoms with E-state index in [0.717, 1.165) is 36.3 Å². The Balaban J connectivity index is 2.46. The van der Waals surface area contributed by atoms with Gasteiger partial charge in [-0.15, -0.1) is 0 Å². The first-order chi connectivity index (χ1) is 8.97. The van der Waals surface area contributed by atoms with Gasteiger partial charge in [0.2, 0.25) is 5.91 Å². The molecule has 0 fully saturated rings. The highest BCUT2D eigenvalue weighted by Crippen LogP contribution is 2.12. The van der Waals surface area contributed by atoms with Crippen molar-refractivity contribution in [2.45, 2.75) is 46.1 Å². The fraction of sp³-hybridized carbons (Fsp3) is 0.714. The number of carbonyl (C=O) groups excluding carboxylic acids is 1. The van der Waals surface area contributed by atoms with Crippen LogP contribution in [0.25, 0.3) is 0 Å². The van der Waals surface area contributed by atoms with Gasteiger partial charge in [0.1, 0.15) is 5.76 Å².